The maximum absolute atomic E-state index is 13.4. The van der Waals surface area contributed by atoms with E-state index in [-0.39, 0.29) is 23.7 Å². The van der Waals surface area contributed by atoms with Crippen LogP contribution in [0.3, 0.4) is 0 Å². The summed E-state index contributed by atoms with van der Waals surface area (Å²) in [6, 6.07) is 4.18. The Hall–Kier alpha value is -2.78. The van der Waals surface area contributed by atoms with Gasteiger partial charge < -0.3 is 10.4 Å². The first kappa shape index (κ1) is 16.7. The molecule has 0 spiro atoms. The second-order valence-electron chi connectivity index (χ2n) is 6.10. The molecule has 0 aromatic heterocycles. The number of fused-ring (bicyclic) bond motifs is 2. The topological polar surface area (TPSA) is 108 Å². The molecule has 26 heavy (non-hydrogen) atoms. The molecular formula is C17H14FN3O4S. The van der Waals surface area contributed by atoms with Crippen molar-refractivity contribution in [3.63, 3.8) is 0 Å². The molecule has 1 aromatic carbocycles. The highest BCUT2D eigenvalue weighted by Crippen LogP contribution is 2.38. The zero-order valence-electron chi connectivity index (χ0n) is 13.4. The number of hydrogen-bond acceptors (Lipinski definition) is 4. The number of aliphatic imine (C=N–C) groups is 1. The molecule has 0 fully saturated rings. The first-order chi connectivity index (χ1) is 12.3. The van der Waals surface area contributed by atoms with Gasteiger partial charge in [0.1, 0.15) is 5.83 Å². The lowest BCUT2D eigenvalue weighted by molar-refractivity contribution is 0.193. The molecule has 4 rings (SSSR count). The third-order valence-corrected chi connectivity index (χ3v) is 6.00. The summed E-state index contributed by atoms with van der Waals surface area (Å²) >= 11 is 0. The SMILES string of the molecule is O=C(O)NCC1NS(=O)(=O)c2ccc(C3=CN=C4CC(F)=CC=C34)cc21. The van der Waals surface area contributed by atoms with Crippen LogP contribution in [-0.4, -0.2) is 31.9 Å². The number of carboxylic acid groups (broad SMARTS) is 1. The Labute approximate surface area is 148 Å². The van der Waals surface area contributed by atoms with Crippen molar-refractivity contribution < 1.29 is 22.7 Å². The van der Waals surface area contributed by atoms with E-state index >= 15 is 0 Å². The third kappa shape index (κ3) is 2.74. The van der Waals surface area contributed by atoms with Crippen molar-refractivity contribution >= 4 is 27.4 Å². The number of allylic oxidation sites excluding steroid dienone is 5. The molecule has 0 saturated heterocycles. The number of nitrogens with zero attached hydrogens (tertiary/aromatic N) is 1. The van der Waals surface area contributed by atoms with Crippen LogP contribution < -0.4 is 10.0 Å². The summed E-state index contributed by atoms with van der Waals surface area (Å²) in [5.41, 5.74) is 3.45. The number of nitrogens with one attached hydrogen (secondary N) is 2. The Bertz CT molecular complexity index is 1050. The highest BCUT2D eigenvalue weighted by atomic mass is 32.2. The monoisotopic (exact) mass is 375 g/mol. The van der Waals surface area contributed by atoms with Gasteiger partial charge in [0.25, 0.3) is 0 Å². The molecule has 1 aliphatic carbocycles. The first-order valence-corrected chi connectivity index (χ1v) is 9.31. The molecule has 3 aliphatic rings. The van der Waals surface area contributed by atoms with E-state index in [0.29, 0.717) is 11.3 Å². The van der Waals surface area contributed by atoms with Gasteiger partial charge in [0.2, 0.25) is 10.0 Å². The summed E-state index contributed by atoms with van der Waals surface area (Å²) in [5.74, 6) is -0.258. The maximum atomic E-state index is 13.4. The number of hydrogen-bond donors (Lipinski definition) is 3. The summed E-state index contributed by atoms with van der Waals surface area (Å²) in [5, 5.41) is 11.0. The molecular weight excluding hydrogens is 361 g/mol. The van der Waals surface area contributed by atoms with Gasteiger partial charge in [-0.3, -0.25) is 4.99 Å². The summed E-state index contributed by atoms with van der Waals surface area (Å²) in [7, 11) is -3.68. The van der Waals surface area contributed by atoms with Crippen LogP contribution in [-0.2, 0) is 10.0 Å². The van der Waals surface area contributed by atoms with E-state index < -0.39 is 22.2 Å². The second-order valence-corrected chi connectivity index (χ2v) is 7.78. The van der Waals surface area contributed by atoms with Crippen molar-refractivity contribution in [1.29, 1.82) is 0 Å². The average molecular weight is 375 g/mol. The molecule has 7 nitrogen and oxygen atoms in total. The van der Waals surface area contributed by atoms with Gasteiger partial charge in [-0.15, -0.1) is 0 Å². The number of amides is 1. The third-order valence-electron chi connectivity index (χ3n) is 4.46. The lowest BCUT2D eigenvalue weighted by Crippen LogP contribution is -2.32. The summed E-state index contributed by atoms with van der Waals surface area (Å²) in [4.78, 5) is 15.1. The second kappa shape index (κ2) is 5.89. The first-order valence-electron chi connectivity index (χ1n) is 7.82. The van der Waals surface area contributed by atoms with Gasteiger partial charge in [0.05, 0.1) is 16.6 Å². The maximum Gasteiger partial charge on any atom is 0.404 e. The van der Waals surface area contributed by atoms with Crippen molar-refractivity contribution in [2.24, 2.45) is 4.99 Å². The molecule has 1 aromatic rings. The van der Waals surface area contributed by atoms with Crippen LogP contribution in [0.15, 0.2) is 57.8 Å². The number of benzene rings is 1. The molecule has 0 bridgehead atoms. The normalized spacial score (nSPS) is 22.6. The van der Waals surface area contributed by atoms with Crippen LogP contribution >= 0.6 is 0 Å². The van der Waals surface area contributed by atoms with Crippen molar-refractivity contribution in [2.75, 3.05) is 6.54 Å². The number of sulfonamides is 1. The molecule has 2 heterocycles. The summed E-state index contributed by atoms with van der Waals surface area (Å²) in [6.07, 6.45) is 3.59. The lowest BCUT2D eigenvalue weighted by Gasteiger charge is -2.14. The zero-order valence-corrected chi connectivity index (χ0v) is 14.2. The highest BCUT2D eigenvalue weighted by Gasteiger charge is 2.35. The van der Waals surface area contributed by atoms with Gasteiger partial charge in [-0.2, -0.15) is 0 Å². The van der Waals surface area contributed by atoms with Gasteiger partial charge in [0.15, 0.2) is 0 Å². The van der Waals surface area contributed by atoms with Gasteiger partial charge in [-0.05, 0) is 35.4 Å². The lowest BCUT2D eigenvalue weighted by atomic mass is 9.91. The highest BCUT2D eigenvalue weighted by molar-refractivity contribution is 7.89. The fourth-order valence-electron chi connectivity index (χ4n) is 3.27. The molecule has 3 N–H and O–H groups in total. The fraction of sp³-hybridized carbons (Fsp3) is 0.176. The predicted octanol–water partition coefficient (Wildman–Crippen LogP) is 2.27. The molecule has 0 radical (unpaired) electrons. The van der Waals surface area contributed by atoms with Crippen LogP contribution in [0.25, 0.3) is 5.57 Å². The molecule has 1 atom stereocenters. The van der Waals surface area contributed by atoms with E-state index in [4.69, 9.17) is 5.11 Å². The van der Waals surface area contributed by atoms with Gasteiger partial charge in [-0.25, -0.2) is 22.3 Å². The van der Waals surface area contributed by atoms with Crippen LogP contribution in [0.2, 0.25) is 0 Å². The van der Waals surface area contributed by atoms with E-state index in [1.54, 1.807) is 24.4 Å². The molecule has 134 valence electrons. The Morgan fingerprint density at radius 1 is 1.35 bits per heavy atom. The number of carbonyl (C=O) groups is 1. The minimum absolute atomic E-state index is 0.0809. The number of halogens is 1. The Morgan fingerprint density at radius 2 is 2.15 bits per heavy atom. The van der Waals surface area contributed by atoms with Gasteiger partial charge in [-0.1, -0.05) is 6.07 Å². The van der Waals surface area contributed by atoms with E-state index in [1.165, 1.54) is 12.1 Å². The molecule has 2 aliphatic heterocycles. The molecule has 1 amide bonds. The van der Waals surface area contributed by atoms with E-state index in [0.717, 1.165) is 16.7 Å². The quantitative estimate of drug-likeness (QED) is 0.753. The molecule has 1 unspecified atom stereocenters. The van der Waals surface area contributed by atoms with Crippen molar-refractivity contribution in [3.05, 3.63) is 59.1 Å². The van der Waals surface area contributed by atoms with Crippen LogP contribution in [0.5, 0.6) is 0 Å². The van der Waals surface area contributed by atoms with Crippen molar-refractivity contribution in [1.82, 2.24) is 10.0 Å². The van der Waals surface area contributed by atoms with Crippen LogP contribution in [0, 0.1) is 0 Å². The van der Waals surface area contributed by atoms with E-state index in [9.17, 15) is 17.6 Å². The molecule has 0 saturated carbocycles. The van der Waals surface area contributed by atoms with Crippen LogP contribution in [0.4, 0.5) is 9.18 Å². The Kier molecular flexibility index (Phi) is 3.78. The summed E-state index contributed by atoms with van der Waals surface area (Å²) in [6.45, 7) is -0.0809. The number of rotatable bonds is 3. The van der Waals surface area contributed by atoms with Crippen molar-refractivity contribution in [2.45, 2.75) is 17.4 Å². The van der Waals surface area contributed by atoms with Crippen molar-refractivity contribution in [3.8, 4) is 0 Å². The predicted molar refractivity (Wildman–Crippen MR) is 92.8 cm³/mol. The zero-order chi connectivity index (χ0) is 18.5. The minimum atomic E-state index is -3.68. The standard InChI is InChI=1S/C17H14FN3O4S/c18-10-2-3-11-13(7-19-14(11)6-10)9-1-4-16-12(5-9)15(8-20-17(22)23)21-26(16,24)25/h1-5,7,15,20-21H,6,8H2,(H,22,23). The largest absolute Gasteiger partial charge is 0.465 e. The van der Waals surface area contributed by atoms with Crippen LogP contribution in [0.1, 0.15) is 23.6 Å². The minimum Gasteiger partial charge on any atom is -0.465 e. The van der Waals surface area contributed by atoms with Gasteiger partial charge in [0, 0.05) is 30.3 Å². The fourth-order valence-corrected chi connectivity index (χ4v) is 4.75. The average Bonchev–Trinajstić information content (AvgIpc) is 3.11. The van der Waals surface area contributed by atoms with E-state index in [1.807, 2.05) is 0 Å². The smallest absolute Gasteiger partial charge is 0.404 e. The van der Waals surface area contributed by atoms with E-state index in [2.05, 4.69) is 15.0 Å². The van der Waals surface area contributed by atoms with Gasteiger partial charge >= 0.3 is 6.09 Å². The Morgan fingerprint density at radius 3 is 2.92 bits per heavy atom. The Balaban J connectivity index is 1.71. The molecule has 9 heteroatoms. The summed E-state index contributed by atoms with van der Waals surface area (Å²) < 4.78 is 40.3.